The molecule has 0 atom stereocenters. The highest BCUT2D eigenvalue weighted by molar-refractivity contribution is 4.80. The smallest absolute Gasteiger partial charge is 0.0101 e. The van der Waals surface area contributed by atoms with Gasteiger partial charge in [0.05, 0.1) is 0 Å². The Kier molecular flexibility index (Phi) is 13.2. The standard InChI is InChI=1S/C10H22.C8H19N/c1-3-5-7-9-10-8-6-4-2;1-7(2,3)9-8(4,5)6/h3-10H2,1-2H3;9H,1-6H3. The van der Waals surface area contributed by atoms with E-state index in [0.717, 1.165) is 0 Å². The van der Waals surface area contributed by atoms with Crippen LogP contribution in [0, 0.1) is 0 Å². The molecule has 0 heterocycles. The van der Waals surface area contributed by atoms with Gasteiger partial charge in [0.2, 0.25) is 0 Å². The summed E-state index contributed by atoms with van der Waals surface area (Å²) in [6, 6.07) is 0. The molecular formula is C18H41N. The zero-order chi connectivity index (χ0) is 15.4. The zero-order valence-electron chi connectivity index (χ0n) is 15.2. The molecule has 0 spiro atoms. The summed E-state index contributed by atoms with van der Waals surface area (Å²) in [5.41, 5.74) is 0.469. The predicted molar refractivity (Wildman–Crippen MR) is 90.9 cm³/mol. The van der Waals surface area contributed by atoms with Crippen LogP contribution < -0.4 is 5.32 Å². The van der Waals surface area contributed by atoms with Crippen molar-refractivity contribution in [2.45, 2.75) is 118 Å². The lowest BCUT2D eigenvalue weighted by Gasteiger charge is -2.31. The largest absolute Gasteiger partial charge is 0.307 e. The second-order valence-corrected chi connectivity index (χ2v) is 7.75. The SMILES string of the molecule is CC(C)(C)NC(C)(C)C.CCCCCCCCCC. The van der Waals surface area contributed by atoms with E-state index >= 15 is 0 Å². The second-order valence-electron chi connectivity index (χ2n) is 7.75. The normalized spacial score (nSPS) is 12.0. The van der Waals surface area contributed by atoms with Gasteiger partial charge < -0.3 is 5.32 Å². The van der Waals surface area contributed by atoms with Gasteiger partial charge in [0, 0.05) is 11.1 Å². The van der Waals surface area contributed by atoms with Gasteiger partial charge in [-0.2, -0.15) is 0 Å². The van der Waals surface area contributed by atoms with E-state index in [-0.39, 0.29) is 11.1 Å². The Morgan fingerprint density at radius 1 is 0.526 bits per heavy atom. The van der Waals surface area contributed by atoms with Crippen LogP contribution in [-0.4, -0.2) is 11.1 Å². The highest BCUT2D eigenvalue weighted by Crippen LogP contribution is 2.08. The summed E-state index contributed by atoms with van der Waals surface area (Å²) in [5, 5.41) is 3.46. The van der Waals surface area contributed by atoms with E-state index < -0.39 is 0 Å². The summed E-state index contributed by atoms with van der Waals surface area (Å²) >= 11 is 0. The Morgan fingerprint density at radius 2 is 0.789 bits per heavy atom. The maximum atomic E-state index is 3.46. The molecule has 1 N–H and O–H groups in total. The average Bonchev–Trinajstić information content (AvgIpc) is 2.19. The lowest BCUT2D eigenvalue weighted by Crippen LogP contribution is -2.48. The Bertz CT molecular complexity index is 151. The van der Waals surface area contributed by atoms with Crippen molar-refractivity contribution >= 4 is 0 Å². The molecule has 19 heavy (non-hydrogen) atoms. The van der Waals surface area contributed by atoms with E-state index in [1.165, 1.54) is 51.4 Å². The van der Waals surface area contributed by atoms with Crippen molar-refractivity contribution < 1.29 is 0 Å². The molecule has 0 aliphatic carbocycles. The van der Waals surface area contributed by atoms with Gasteiger partial charge in [0.1, 0.15) is 0 Å². The van der Waals surface area contributed by atoms with Crippen LogP contribution in [-0.2, 0) is 0 Å². The van der Waals surface area contributed by atoms with Gasteiger partial charge in [-0.15, -0.1) is 0 Å². The molecule has 0 fully saturated rings. The molecule has 0 saturated carbocycles. The molecule has 0 aromatic carbocycles. The predicted octanol–water partition coefficient (Wildman–Crippen LogP) is 6.32. The van der Waals surface area contributed by atoms with E-state index in [2.05, 4.69) is 60.7 Å². The average molecular weight is 272 g/mol. The molecule has 0 saturated heterocycles. The molecular weight excluding hydrogens is 230 g/mol. The molecule has 1 heteroatoms. The second kappa shape index (κ2) is 11.8. The first-order valence-electron chi connectivity index (χ1n) is 8.41. The van der Waals surface area contributed by atoms with E-state index in [4.69, 9.17) is 0 Å². The maximum absolute atomic E-state index is 3.46. The highest BCUT2D eigenvalue weighted by Gasteiger charge is 2.18. The molecule has 0 rings (SSSR count). The molecule has 118 valence electrons. The Balaban J connectivity index is 0. The van der Waals surface area contributed by atoms with Crippen molar-refractivity contribution in [1.82, 2.24) is 5.32 Å². The van der Waals surface area contributed by atoms with Crippen LogP contribution >= 0.6 is 0 Å². The molecule has 1 nitrogen and oxygen atoms in total. The summed E-state index contributed by atoms with van der Waals surface area (Å²) in [6.45, 7) is 17.6. The van der Waals surface area contributed by atoms with Crippen LogP contribution in [0.25, 0.3) is 0 Å². The fourth-order valence-corrected chi connectivity index (χ4v) is 2.33. The zero-order valence-corrected chi connectivity index (χ0v) is 15.2. The molecule has 0 aromatic heterocycles. The van der Waals surface area contributed by atoms with E-state index in [0.29, 0.717) is 0 Å². The third-order valence-electron chi connectivity index (χ3n) is 2.71. The van der Waals surface area contributed by atoms with Crippen molar-refractivity contribution in [3.05, 3.63) is 0 Å². The monoisotopic (exact) mass is 271 g/mol. The van der Waals surface area contributed by atoms with Gasteiger partial charge in [-0.3, -0.25) is 0 Å². The van der Waals surface area contributed by atoms with Gasteiger partial charge in [-0.05, 0) is 41.5 Å². The summed E-state index contributed by atoms with van der Waals surface area (Å²) in [5.74, 6) is 0. The van der Waals surface area contributed by atoms with Crippen molar-refractivity contribution in [2.24, 2.45) is 0 Å². The van der Waals surface area contributed by atoms with Gasteiger partial charge in [-0.25, -0.2) is 0 Å². The maximum Gasteiger partial charge on any atom is 0.0101 e. The third kappa shape index (κ3) is 27.2. The van der Waals surface area contributed by atoms with E-state index in [9.17, 15) is 0 Å². The van der Waals surface area contributed by atoms with Gasteiger partial charge >= 0.3 is 0 Å². The molecule has 0 radical (unpaired) electrons. The third-order valence-corrected chi connectivity index (χ3v) is 2.71. The van der Waals surface area contributed by atoms with Crippen LogP contribution in [0.3, 0.4) is 0 Å². The number of hydrogen-bond acceptors (Lipinski definition) is 1. The Hall–Kier alpha value is -0.0400. The molecule has 0 aliphatic heterocycles. The first-order chi connectivity index (χ1) is 8.62. The molecule has 0 amide bonds. The Morgan fingerprint density at radius 3 is 0.947 bits per heavy atom. The van der Waals surface area contributed by atoms with Gasteiger partial charge in [0.15, 0.2) is 0 Å². The van der Waals surface area contributed by atoms with Crippen molar-refractivity contribution in [3.63, 3.8) is 0 Å². The van der Waals surface area contributed by atoms with E-state index in [1.54, 1.807) is 0 Å². The van der Waals surface area contributed by atoms with Crippen LogP contribution in [0.15, 0.2) is 0 Å². The quantitative estimate of drug-likeness (QED) is 0.534. The van der Waals surface area contributed by atoms with E-state index in [1.807, 2.05) is 0 Å². The first kappa shape index (κ1) is 21.3. The minimum atomic E-state index is 0.234. The first-order valence-corrected chi connectivity index (χ1v) is 8.41. The van der Waals surface area contributed by atoms with Gasteiger partial charge in [-0.1, -0.05) is 65.2 Å². The van der Waals surface area contributed by atoms with Gasteiger partial charge in [0.25, 0.3) is 0 Å². The van der Waals surface area contributed by atoms with Crippen molar-refractivity contribution in [2.75, 3.05) is 0 Å². The summed E-state index contributed by atoms with van der Waals surface area (Å²) < 4.78 is 0. The van der Waals surface area contributed by atoms with Crippen molar-refractivity contribution in [3.8, 4) is 0 Å². The lowest BCUT2D eigenvalue weighted by atomic mass is 10.0. The lowest BCUT2D eigenvalue weighted by molar-refractivity contribution is 0.303. The highest BCUT2D eigenvalue weighted by atomic mass is 15.0. The number of nitrogens with one attached hydrogen (secondary N) is 1. The summed E-state index contributed by atoms with van der Waals surface area (Å²) in [4.78, 5) is 0. The number of hydrogen-bond donors (Lipinski definition) is 1. The fraction of sp³-hybridized carbons (Fsp3) is 1.00. The summed E-state index contributed by atoms with van der Waals surface area (Å²) in [6.07, 6.45) is 11.5. The minimum absolute atomic E-state index is 0.234. The van der Waals surface area contributed by atoms with Crippen LogP contribution in [0.5, 0.6) is 0 Å². The molecule has 0 bridgehead atoms. The summed E-state index contributed by atoms with van der Waals surface area (Å²) in [7, 11) is 0. The Labute approximate surface area is 123 Å². The van der Waals surface area contributed by atoms with Crippen LogP contribution in [0.2, 0.25) is 0 Å². The topological polar surface area (TPSA) is 12.0 Å². The number of unbranched alkanes of at least 4 members (excludes halogenated alkanes) is 7. The number of rotatable bonds is 7. The minimum Gasteiger partial charge on any atom is -0.307 e. The molecule has 0 aliphatic rings. The van der Waals surface area contributed by atoms with Crippen molar-refractivity contribution in [1.29, 1.82) is 0 Å². The molecule has 0 aromatic rings. The fourth-order valence-electron chi connectivity index (χ4n) is 2.33. The van der Waals surface area contributed by atoms with Crippen LogP contribution in [0.1, 0.15) is 107 Å². The molecule has 0 unspecified atom stereocenters. The van der Waals surface area contributed by atoms with Crippen LogP contribution in [0.4, 0.5) is 0 Å².